The molecule has 0 fully saturated rings. The van der Waals surface area contributed by atoms with E-state index in [9.17, 15) is 19.3 Å². The number of thiazole rings is 1. The van der Waals surface area contributed by atoms with Crippen LogP contribution in [-0.4, -0.2) is 21.6 Å². The lowest BCUT2D eigenvalue weighted by atomic mass is 10.1. The van der Waals surface area contributed by atoms with E-state index in [0.717, 1.165) is 10.6 Å². The summed E-state index contributed by atoms with van der Waals surface area (Å²) in [6.07, 6.45) is 1.02. The van der Waals surface area contributed by atoms with E-state index in [1.165, 1.54) is 35.6 Å². The molecule has 3 aromatic rings. The third-order valence-electron chi connectivity index (χ3n) is 3.73. The highest BCUT2D eigenvalue weighted by atomic mass is 32.2. The molecule has 28 heavy (non-hydrogen) atoms. The van der Waals surface area contributed by atoms with Gasteiger partial charge in [-0.2, -0.15) is 0 Å². The second-order valence-corrected chi connectivity index (χ2v) is 7.83. The number of anilines is 1. The van der Waals surface area contributed by atoms with E-state index < -0.39 is 4.92 Å². The molecule has 0 unspecified atom stereocenters. The average Bonchev–Trinajstić information content (AvgIpc) is 3.15. The number of hydrogen-bond acceptors (Lipinski definition) is 6. The fourth-order valence-corrected chi connectivity index (χ4v) is 3.97. The van der Waals surface area contributed by atoms with Gasteiger partial charge in [-0.05, 0) is 36.4 Å². The zero-order chi connectivity index (χ0) is 19.9. The second kappa shape index (κ2) is 9.43. The number of nitro benzene ring substituents is 1. The fourth-order valence-electron chi connectivity index (χ4n) is 2.38. The number of benzene rings is 2. The SMILES string of the molecule is O=C(CCCSc1ccc(F)cc1)Nc1nc(-c2cccc([N+](=O)[O-])c2)cs1. The molecule has 0 saturated carbocycles. The molecule has 2 aromatic carbocycles. The fraction of sp³-hybridized carbons (Fsp3) is 0.158. The maximum Gasteiger partial charge on any atom is 0.270 e. The van der Waals surface area contributed by atoms with Gasteiger partial charge in [-0.3, -0.25) is 14.9 Å². The summed E-state index contributed by atoms with van der Waals surface area (Å²) < 4.78 is 12.9. The standard InChI is InChI=1S/C19H16FN3O3S2/c20-14-6-8-16(9-7-14)27-10-2-5-18(24)22-19-21-17(12-28-19)13-3-1-4-15(11-13)23(25)26/h1,3-4,6-9,11-12H,2,5,10H2,(H,21,22,24). The summed E-state index contributed by atoms with van der Waals surface area (Å²) in [5.74, 6) is 0.340. The van der Waals surface area contributed by atoms with Crippen molar-refractivity contribution < 1.29 is 14.1 Å². The number of amides is 1. The molecular formula is C19H16FN3O3S2. The van der Waals surface area contributed by atoms with Gasteiger partial charge in [0.15, 0.2) is 5.13 Å². The maximum absolute atomic E-state index is 12.9. The van der Waals surface area contributed by atoms with Crippen molar-refractivity contribution in [2.24, 2.45) is 0 Å². The van der Waals surface area contributed by atoms with Gasteiger partial charge < -0.3 is 5.32 Å². The van der Waals surface area contributed by atoms with Gasteiger partial charge in [0, 0.05) is 34.4 Å². The number of rotatable bonds is 8. The Kier molecular flexibility index (Phi) is 6.72. The molecule has 1 N–H and O–H groups in total. The van der Waals surface area contributed by atoms with Gasteiger partial charge in [0.1, 0.15) is 5.82 Å². The van der Waals surface area contributed by atoms with Crippen molar-refractivity contribution in [2.75, 3.05) is 11.1 Å². The monoisotopic (exact) mass is 417 g/mol. The molecule has 3 rings (SSSR count). The quantitative estimate of drug-likeness (QED) is 0.231. The Balaban J connectivity index is 1.48. The molecule has 9 heteroatoms. The highest BCUT2D eigenvalue weighted by Gasteiger charge is 2.11. The van der Waals surface area contributed by atoms with Gasteiger partial charge in [-0.15, -0.1) is 23.1 Å². The van der Waals surface area contributed by atoms with Crippen LogP contribution in [0, 0.1) is 15.9 Å². The van der Waals surface area contributed by atoms with Gasteiger partial charge in [-0.1, -0.05) is 12.1 Å². The van der Waals surface area contributed by atoms with E-state index >= 15 is 0 Å². The normalized spacial score (nSPS) is 10.6. The number of halogens is 1. The van der Waals surface area contributed by atoms with Crippen molar-refractivity contribution in [1.29, 1.82) is 0 Å². The zero-order valence-corrected chi connectivity index (χ0v) is 16.3. The van der Waals surface area contributed by atoms with Crippen LogP contribution in [0.15, 0.2) is 58.8 Å². The summed E-state index contributed by atoms with van der Waals surface area (Å²) in [6, 6.07) is 12.5. The predicted molar refractivity (Wildman–Crippen MR) is 109 cm³/mol. The van der Waals surface area contributed by atoms with Crippen LogP contribution in [0.5, 0.6) is 0 Å². The van der Waals surface area contributed by atoms with E-state index in [2.05, 4.69) is 10.3 Å². The molecule has 1 amide bonds. The first-order chi connectivity index (χ1) is 13.5. The molecule has 0 aliphatic rings. The summed E-state index contributed by atoms with van der Waals surface area (Å²) in [7, 11) is 0. The van der Waals surface area contributed by atoms with Crippen LogP contribution in [0.1, 0.15) is 12.8 Å². The number of thioether (sulfide) groups is 1. The zero-order valence-electron chi connectivity index (χ0n) is 14.6. The van der Waals surface area contributed by atoms with Crippen molar-refractivity contribution in [3.63, 3.8) is 0 Å². The van der Waals surface area contributed by atoms with Gasteiger partial charge in [0.2, 0.25) is 5.91 Å². The number of hydrogen-bond donors (Lipinski definition) is 1. The summed E-state index contributed by atoms with van der Waals surface area (Å²) >= 11 is 2.84. The summed E-state index contributed by atoms with van der Waals surface area (Å²) in [6.45, 7) is 0. The Morgan fingerprint density at radius 2 is 2.04 bits per heavy atom. The lowest BCUT2D eigenvalue weighted by Crippen LogP contribution is -2.11. The lowest BCUT2D eigenvalue weighted by molar-refractivity contribution is -0.384. The Morgan fingerprint density at radius 3 is 2.79 bits per heavy atom. The van der Waals surface area contributed by atoms with E-state index in [0.29, 0.717) is 29.2 Å². The van der Waals surface area contributed by atoms with Crippen LogP contribution in [0.3, 0.4) is 0 Å². The minimum Gasteiger partial charge on any atom is -0.302 e. The van der Waals surface area contributed by atoms with Gasteiger partial charge in [0.05, 0.1) is 10.6 Å². The van der Waals surface area contributed by atoms with Gasteiger partial charge in [0.25, 0.3) is 5.69 Å². The first-order valence-corrected chi connectivity index (χ1v) is 10.3. The number of aromatic nitrogens is 1. The number of carbonyl (C=O) groups is 1. The van der Waals surface area contributed by atoms with Crippen molar-refractivity contribution >= 4 is 39.8 Å². The highest BCUT2D eigenvalue weighted by molar-refractivity contribution is 7.99. The first-order valence-electron chi connectivity index (χ1n) is 8.40. The number of nitrogens with one attached hydrogen (secondary N) is 1. The van der Waals surface area contributed by atoms with Crippen molar-refractivity contribution in [3.05, 3.63) is 69.8 Å². The Labute approximate surface area is 169 Å². The van der Waals surface area contributed by atoms with Gasteiger partial charge in [-0.25, -0.2) is 9.37 Å². The van der Waals surface area contributed by atoms with Crippen LogP contribution < -0.4 is 5.32 Å². The molecule has 0 aliphatic carbocycles. The van der Waals surface area contributed by atoms with Crippen molar-refractivity contribution in [1.82, 2.24) is 4.98 Å². The minimum absolute atomic E-state index is 0.00487. The van der Waals surface area contributed by atoms with E-state index in [1.54, 1.807) is 41.4 Å². The van der Waals surface area contributed by atoms with Crippen LogP contribution in [0.2, 0.25) is 0 Å². The molecule has 0 spiro atoms. The molecular weight excluding hydrogens is 401 g/mol. The minimum atomic E-state index is -0.456. The molecule has 0 aliphatic heterocycles. The first kappa shape index (κ1) is 20.0. The summed E-state index contributed by atoms with van der Waals surface area (Å²) in [4.78, 5) is 27.8. The number of carbonyl (C=O) groups excluding carboxylic acids is 1. The molecule has 1 aromatic heterocycles. The Hall–Kier alpha value is -2.78. The van der Waals surface area contributed by atoms with E-state index in [4.69, 9.17) is 0 Å². The molecule has 0 atom stereocenters. The largest absolute Gasteiger partial charge is 0.302 e. The average molecular weight is 417 g/mol. The van der Waals surface area contributed by atoms with Gasteiger partial charge >= 0.3 is 0 Å². The number of non-ortho nitro benzene ring substituents is 1. The topological polar surface area (TPSA) is 85.1 Å². The predicted octanol–water partition coefficient (Wildman–Crippen LogP) is 5.37. The van der Waals surface area contributed by atoms with Crippen LogP contribution in [0.25, 0.3) is 11.3 Å². The molecule has 144 valence electrons. The summed E-state index contributed by atoms with van der Waals surface area (Å²) in [5, 5.41) is 15.8. The molecule has 0 radical (unpaired) electrons. The van der Waals surface area contributed by atoms with Crippen LogP contribution in [0.4, 0.5) is 15.2 Å². The Morgan fingerprint density at radius 1 is 1.25 bits per heavy atom. The van der Waals surface area contributed by atoms with E-state index in [-0.39, 0.29) is 17.4 Å². The number of nitrogens with zero attached hydrogens (tertiary/aromatic N) is 2. The molecule has 6 nitrogen and oxygen atoms in total. The lowest BCUT2D eigenvalue weighted by Gasteiger charge is -2.03. The van der Waals surface area contributed by atoms with Crippen LogP contribution in [-0.2, 0) is 4.79 Å². The molecule has 0 bridgehead atoms. The van der Waals surface area contributed by atoms with Crippen molar-refractivity contribution in [3.8, 4) is 11.3 Å². The Bertz CT molecular complexity index is 977. The molecule has 1 heterocycles. The highest BCUT2D eigenvalue weighted by Crippen LogP contribution is 2.27. The molecule has 0 saturated heterocycles. The van der Waals surface area contributed by atoms with Crippen LogP contribution >= 0.6 is 23.1 Å². The smallest absolute Gasteiger partial charge is 0.270 e. The third kappa shape index (κ3) is 5.61. The third-order valence-corrected chi connectivity index (χ3v) is 5.59. The number of nitro groups is 1. The second-order valence-electron chi connectivity index (χ2n) is 5.80. The summed E-state index contributed by atoms with van der Waals surface area (Å²) in [5.41, 5.74) is 1.20. The van der Waals surface area contributed by atoms with Crippen molar-refractivity contribution in [2.45, 2.75) is 17.7 Å². The maximum atomic E-state index is 12.9. The van der Waals surface area contributed by atoms with E-state index in [1.807, 2.05) is 0 Å².